The fourth-order valence-corrected chi connectivity index (χ4v) is 2.04. The quantitative estimate of drug-likeness (QED) is 0.865. The first-order valence-electron chi connectivity index (χ1n) is 5.35. The number of hydrogen-bond donors (Lipinski definition) is 1. The molecule has 7 heteroatoms. The second kappa shape index (κ2) is 4.38. The molecule has 0 amide bonds. The molecular formula is C10H13F3N4. The summed E-state index contributed by atoms with van der Waals surface area (Å²) in [5.74, 6) is 0.540. The van der Waals surface area contributed by atoms with E-state index < -0.39 is 12.6 Å². The van der Waals surface area contributed by atoms with Crippen LogP contribution in [0.1, 0.15) is 12.8 Å². The standard InChI is InChI=1S/C10H13F3N4/c11-10(12,13)5-7-3-4-17(6-7)9-2-1-8(14)15-16-9/h1-2,7H,3-6H2,(H2,14,15)/t7-/m0/s1. The molecule has 2 heterocycles. The molecule has 1 aliphatic rings. The molecule has 1 aromatic rings. The van der Waals surface area contributed by atoms with Crippen molar-refractivity contribution in [3.8, 4) is 0 Å². The first-order chi connectivity index (χ1) is 7.94. The summed E-state index contributed by atoms with van der Waals surface area (Å²) in [5.41, 5.74) is 5.40. The first kappa shape index (κ1) is 11.9. The highest BCUT2D eigenvalue weighted by Gasteiger charge is 2.35. The Labute approximate surface area is 96.6 Å². The van der Waals surface area contributed by atoms with Gasteiger partial charge in [0.1, 0.15) is 5.82 Å². The molecule has 0 aliphatic carbocycles. The molecule has 1 fully saturated rings. The van der Waals surface area contributed by atoms with Gasteiger partial charge in [-0.25, -0.2) is 0 Å². The Bertz CT molecular complexity index is 376. The summed E-state index contributed by atoms with van der Waals surface area (Å²) < 4.78 is 36.7. The minimum absolute atomic E-state index is 0.305. The van der Waals surface area contributed by atoms with Crippen molar-refractivity contribution < 1.29 is 13.2 Å². The summed E-state index contributed by atoms with van der Waals surface area (Å²) in [4.78, 5) is 1.81. The topological polar surface area (TPSA) is 55.0 Å². The van der Waals surface area contributed by atoms with Crippen LogP contribution < -0.4 is 10.6 Å². The maximum Gasteiger partial charge on any atom is 0.389 e. The predicted molar refractivity (Wildman–Crippen MR) is 57.4 cm³/mol. The van der Waals surface area contributed by atoms with Crippen molar-refractivity contribution in [2.24, 2.45) is 5.92 Å². The lowest BCUT2D eigenvalue weighted by atomic mass is 10.1. The molecule has 0 saturated carbocycles. The van der Waals surface area contributed by atoms with Crippen molar-refractivity contribution in [1.29, 1.82) is 0 Å². The molecule has 0 bridgehead atoms. The molecule has 2 N–H and O–H groups in total. The molecule has 0 spiro atoms. The van der Waals surface area contributed by atoms with Crippen LogP contribution in [0.25, 0.3) is 0 Å². The Hall–Kier alpha value is -1.53. The normalized spacial score (nSPS) is 20.9. The van der Waals surface area contributed by atoms with Gasteiger partial charge in [-0.15, -0.1) is 10.2 Å². The van der Waals surface area contributed by atoms with E-state index >= 15 is 0 Å². The highest BCUT2D eigenvalue weighted by molar-refractivity contribution is 5.42. The average molecular weight is 246 g/mol. The lowest BCUT2D eigenvalue weighted by molar-refractivity contribution is -0.142. The molecular weight excluding hydrogens is 233 g/mol. The van der Waals surface area contributed by atoms with Gasteiger partial charge in [-0.05, 0) is 24.5 Å². The highest BCUT2D eigenvalue weighted by atomic mass is 19.4. The molecule has 0 radical (unpaired) electrons. The number of rotatable bonds is 2. The lowest BCUT2D eigenvalue weighted by Gasteiger charge is -2.17. The zero-order valence-corrected chi connectivity index (χ0v) is 9.11. The SMILES string of the molecule is Nc1ccc(N2CC[C@@H](CC(F)(F)F)C2)nn1. The summed E-state index contributed by atoms with van der Waals surface area (Å²) in [7, 11) is 0. The molecule has 1 saturated heterocycles. The average Bonchev–Trinajstić information content (AvgIpc) is 2.64. The van der Waals surface area contributed by atoms with E-state index in [0.29, 0.717) is 31.1 Å². The third-order valence-corrected chi connectivity index (χ3v) is 2.80. The van der Waals surface area contributed by atoms with E-state index in [1.54, 1.807) is 12.1 Å². The Morgan fingerprint density at radius 2 is 2.12 bits per heavy atom. The van der Waals surface area contributed by atoms with Crippen LogP contribution in [0.15, 0.2) is 12.1 Å². The summed E-state index contributed by atoms with van der Waals surface area (Å²) >= 11 is 0. The van der Waals surface area contributed by atoms with Crippen LogP contribution in [0, 0.1) is 5.92 Å². The third kappa shape index (κ3) is 3.21. The molecule has 0 aromatic carbocycles. The number of hydrogen-bond acceptors (Lipinski definition) is 4. The monoisotopic (exact) mass is 246 g/mol. The van der Waals surface area contributed by atoms with Gasteiger partial charge in [0, 0.05) is 19.5 Å². The van der Waals surface area contributed by atoms with Crippen LogP contribution >= 0.6 is 0 Å². The van der Waals surface area contributed by atoms with E-state index in [1.165, 1.54) is 0 Å². The second-order valence-corrected chi connectivity index (χ2v) is 4.24. The maximum atomic E-state index is 12.2. The van der Waals surface area contributed by atoms with Crippen LogP contribution in [0.3, 0.4) is 0 Å². The fraction of sp³-hybridized carbons (Fsp3) is 0.600. The largest absolute Gasteiger partial charge is 0.389 e. The summed E-state index contributed by atoms with van der Waals surface area (Å²) in [6, 6.07) is 3.28. The van der Waals surface area contributed by atoms with Crippen molar-refractivity contribution in [3.63, 3.8) is 0 Å². The van der Waals surface area contributed by atoms with Crippen LogP contribution in [0.5, 0.6) is 0 Å². The zero-order valence-electron chi connectivity index (χ0n) is 9.11. The van der Waals surface area contributed by atoms with Gasteiger partial charge in [0.2, 0.25) is 0 Å². The van der Waals surface area contributed by atoms with Gasteiger partial charge in [-0.3, -0.25) is 0 Å². The van der Waals surface area contributed by atoms with Gasteiger partial charge in [-0.2, -0.15) is 13.2 Å². The van der Waals surface area contributed by atoms with E-state index in [0.717, 1.165) is 0 Å². The van der Waals surface area contributed by atoms with Crippen LogP contribution in [0.2, 0.25) is 0 Å². The van der Waals surface area contributed by atoms with Crippen LogP contribution in [0.4, 0.5) is 24.8 Å². The molecule has 17 heavy (non-hydrogen) atoms. The van der Waals surface area contributed by atoms with Crippen molar-refractivity contribution in [2.75, 3.05) is 23.7 Å². The van der Waals surface area contributed by atoms with Crippen LogP contribution in [-0.4, -0.2) is 29.5 Å². The van der Waals surface area contributed by atoms with Gasteiger partial charge in [0.25, 0.3) is 0 Å². The van der Waals surface area contributed by atoms with Crippen molar-refractivity contribution in [1.82, 2.24) is 10.2 Å². The minimum atomic E-state index is -4.09. The predicted octanol–water partition coefficient (Wildman–Crippen LogP) is 1.84. The van der Waals surface area contributed by atoms with Gasteiger partial charge in [0.05, 0.1) is 0 Å². The van der Waals surface area contributed by atoms with E-state index in [4.69, 9.17) is 5.73 Å². The van der Waals surface area contributed by atoms with Gasteiger partial charge in [0.15, 0.2) is 5.82 Å². The number of nitrogens with two attached hydrogens (primary N) is 1. The molecule has 2 rings (SSSR count). The Morgan fingerprint density at radius 3 is 2.71 bits per heavy atom. The van der Waals surface area contributed by atoms with Crippen LogP contribution in [-0.2, 0) is 0 Å². The third-order valence-electron chi connectivity index (χ3n) is 2.80. The maximum absolute atomic E-state index is 12.2. The minimum Gasteiger partial charge on any atom is -0.382 e. The van der Waals surface area contributed by atoms with Gasteiger partial charge in [-0.1, -0.05) is 0 Å². The highest BCUT2D eigenvalue weighted by Crippen LogP contribution is 2.31. The Morgan fingerprint density at radius 1 is 1.35 bits per heavy atom. The number of alkyl halides is 3. The molecule has 1 atom stereocenters. The lowest BCUT2D eigenvalue weighted by Crippen LogP contribution is -2.23. The molecule has 1 aliphatic heterocycles. The van der Waals surface area contributed by atoms with Crippen molar-refractivity contribution in [3.05, 3.63) is 12.1 Å². The first-order valence-corrected chi connectivity index (χ1v) is 5.35. The Balaban J connectivity index is 1.96. The van der Waals surface area contributed by atoms with Crippen molar-refractivity contribution >= 4 is 11.6 Å². The fourth-order valence-electron chi connectivity index (χ4n) is 2.04. The van der Waals surface area contributed by atoms with E-state index in [2.05, 4.69) is 10.2 Å². The van der Waals surface area contributed by atoms with E-state index in [1.807, 2.05) is 4.90 Å². The number of aromatic nitrogens is 2. The van der Waals surface area contributed by atoms with E-state index in [9.17, 15) is 13.2 Å². The summed E-state index contributed by atoms with van der Waals surface area (Å²) in [6.45, 7) is 0.956. The molecule has 4 nitrogen and oxygen atoms in total. The molecule has 1 aromatic heterocycles. The number of nitrogens with zero attached hydrogens (tertiary/aromatic N) is 3. The number of anilines is 2. The summed E-state index contributed by atoms with van der Waals surface area (Å²) in [5, 5.41) is 7.55. The smallest absolute Gasteiger partial charge is 0.382 e. The zero-order chi connectivity index (χ0) is 12.5. The molecule has 94 valence electrons. The van der Waals surface area contributed by atoms with Gasteiger partial charge < -0.3 is 10.6 Å². The van der Waals surface area contributed by atoms with Crippen molar-refractivity contribution in [2.45, 2.75) is 19.0 Å². The van der Waals surface area contributed by atoms with E-state index in [-0.39, 0.29) is 5.92 Å². The molecule has 0 unspecified atom stereocenters. The number of halogens is 3. The van der Waals surface area contributed by atoms with Gasteiger partial charge >= 0.3 is 6.18 Å². The summed E-state index contributed by atoms with van der Waals surface area (Å²) in [6.07, 6.45) is -4.29. The Kier molecular flexibility index (Phi) is 3.08. The number of nitrogen functional groups attached to an aromatic ring is 1. The second-order valence-electron chi connectivity index (χ2n) is 4.24.